The number of methoxy groups -OCH3 is 2. The number of sulfonamides is 1. The van der Waals surface area contributed by atoms with Gasteiger partial charge in [0.05, 0.1) is 37.9 Å². The van der Waals surface area contributed by atoms with Crippen molar-refractivity contribution >= 4 is 37.8 Å². The van der Waals surface area contributed by atoms with E-state index in [4.69, 9.17) is 18.9 Å². The van der Waals surface area contributed by atoms with Crippen LogP contribution in [-0.2, 0) is 30.8 Å². The maximum atomic E-state index is 13.0. The first-order valence-corrected chi connectivity index (χ1v) is 12.5. The highest BCUT2D eigenvalue weighted by molar-refractivity contribution is 9.10. The van der Waals surface area contributed by atoms with Crippen molar-refractivity contribution in [3.05, 3.63) is 52.0 Å². The molecule has 10 nitrogen and oxygen atoms in total. The predicted molar refractivity (Wildman–Crippen MR) is 125 cm³/mol. The van der Waals surface area contributed by atoms with E-state index >= 15 is 0 Å². The lowest BCUT2D eigenvalue weighted by molar-refractivity contribution is -0.124. The monoisotopic (exact) mass is 556 g/mol. The van der Waals surface area contributed by atoms with Crippen molar-refractivity contribution in [3.63, 3.8) is 0 Å². The van der Waals surface area contributed by atoms with Crippen LogP contribution in [0, 0.1) is 0 Å². The van der Waals surface area contributed by atoms with Crippen LogP contribution in [0.1, 0.15) is 15.9 Å². The molecule has 184 valence electrons. The Morgan fingerprint density at radius 3 is 2.44 bits per heavy atom. The molecule has 1 heterocycles. The fourth-order valence-corrected chi connectivity index (χ4v) is 5.57. The molecule has 34 heavy (non-hydrogen) atoms. The van der Waals surface area contributed by atoms with Crippen LogP contribution in [0.15, 0.2) is 45.8 Å². The fourth-order valence-electron chi connectivity index (χ4n) is 3.21. The molecule has 0 radical (unpaired) electrons. The first-order chi connectivity index (χ1) is 16.3. The van der Waals surface area contributed by atoms with E-state index in [1.807, 2.05) is 0 Å². The Morgan fingerprint density at radius 2 is 1.76 bits per heavy atom. The third-order valence-corrected chi connectivity index (χ3v) is 7.92. The van der Waals surface area contributed by atoms with Gasteiger partial charge in [-0.2, -0.15) is 4.31 Å². The number of rotatable bonds is 9. The molecule has 3 rings (SSSR count). The van der Waals surface area contributed by atoms with E-state index in [2.05, 4.69) is 21.2 Å². The molecule has 0 atom stereocenters. The molecule has 0 unspecified atom stereocenters. The predicted octanol–water partition coefficient (Wildman–Crippen LogP) is 1.96. The van der Waals surface area contributed by atoms with E-state index in [-0.39, 0.29) is 30.1 Å². The van der Waals surface area contributed by atoms with Crippen molar-refractivity contribution in [1.29, 1.82) is 0 Å². The molecule has 1 amide bonds. The topological polar surface area (TPSA) is 120 Å². The van der Waals surface area contributed by atoms with Gasteiger partial charge in [0.15, 0.2) is 18.1 Å². The number of esters is 1. The van der Waals surface area contributed by atoms with Gasteiger partial charge in [-0.15, -0.1) is 0 Å². The highest BCUT2D eigenvalue weighted by Crippen LogP contribution is 2.28. The minimum absolute atomic E-state index is 0.0164. The minimum atomic E-state index is -3.83. The van der Waals surface area contributed by atoms with Crippen LogP contribution >= 0.6 is 15.9 Å². The lowest BCUT2D eigenvalue weighted by Gasteiger charge is -2.26. The van der Waals surface area contributed by atoms with E-state index < -0.39 is 28.5 Å². The third-order valence-electron chi connectivity index (χ3n) is 5.03. The van der Waals surface area contributed by atoms with E-state index in [0.29, 0.717) is 29.2 Å². The Morgan fingerprint density at radius 1 is 1.06 bits per heavy atom. The van der Waals surface area contributed by atoms with Crippen LogP contribution in [-0.4, -0.2) is 71.7 Å². The number of nitrogens with one attached hydrogen (secondary N) is 1. The van der Waals surface area contributed by atoms with Gasteiger partial charge in [-0.1, -0.05) is 6.07 Å². The molecular formula is C22H25BrN2O8S. The van der Waals surface area contributed by atoms with Crippen molar-refractivity contribution in [3.8, 4) is 11.5 Å². The molecule has 1 saturated heterocycles. The minimum Gasteiger partial charge on any atom is -0.493 e. The number of benzene rings is 2. The largest absolute Gasteiger partial charge is 0.493 e. The quantitative estimate of drug-likeness (QED) is 0.465. The standard InChI is InChI=1S/C22H25BrN2O8S/c1-30-18-6-3-15(11-19(18)31-2)13-24-21(26)14-33-22(27)16-4-5-17(23)20(12-16)34(28,29)25-7-9-32-10-8-25/h3-6,11-12H,7-10,13-14H2,1-2H3,(H,24,26). The second-order valence-electron chi connectivity index (χ2n) is 7.20. The summed E-state index contributed by atoms with van der Waals surface area (Å²) in [5, 5.41) is 2.65. The number of hydrogen-bond donors (Lipinski definition) is 1. The lowest BCUT2D eigenvalue weighted by atomic mass is 10.2. The zero-order valence-corrected chi connectivity index (χ0v) is 21.1. The van der Waals surface area contributed by atoms with Gasteiger partial charge in [-0.25, -0.2) is 13.2 Å². The summed E-state index contributed by atoms with van der Waals surface area (Å²) in [7, 11) is -0.789. The molecule has 2 aromatic rings. The van der Waals surface area contributed by atoms with Crippen LogP contribution in [0.3, 0.4) is 0 Å². The Kier molecular flexibility index (Phi) is 8.89. The van der Waals surface area contributed by atoms with E-state index in [9.17, 15) is 18.0 Å². The number of hydrogen-bond acceptors (Lipinski definition) is 8. The van der Waals surface area contributed by atoms with Crippen molar-refractivity contribution in [2.24, 2.45) is 0 Å². The van der Waals surface area contributed by atoms with Crippen LogP contribution in [0.25, 0.3) is 0 Å². The zero-order valence-electron chi connectivity index (χ0n) is 18.7. The summed E-state index contributed by atoms with van der Waals surface area (Å²) in [6, 6.07) is 9.33. The normalized spacial score (nSPS) is 14.3. The van der Waals surface area contributed by atoms with Gasteiger partial charge < -0.3 is 24.3 Å². The summed E-state index contributed by atoms with van der Waals surface area (Å²) in [5.74, 6) is -0.233. The number of nitrogens with zero attached hydrogens (tertiary/aromatic N) is 1. The fraction of sp³-hybridized carbons (Fsp3) is 0.364. The Hall–Kier alpha value is -2.67. The first-order valence-electron chi connectivity index (χ1n) is 10.3. The van der Waals surface area contributed by atoms with Crippen molar-refractivity contribution in [2.75, 3.05) is 47.1 Å². The maximum Gasteiger partial charge on any atom is 0.338 e. The van der Waals surface area contributed by atoms with Gasteiger partial charge in [0.2, 0.25) is 10.0 Å². The molecule has 0 aliphatic carbocycles. The number of amides is 1. The number of carbonyl (C=O) groups excluding carboxylic acids is 2. The van der Waals surface area contributed by atoms with Crippen LogP contribution in [0.4, 0.5) is 0 Å². The summed E-state index contributed by atoms with van der Waals surface area (Å²) in [5.41, 5.74) is 0.783. The van der Waals surface area contributed by atoms with Gasteiger partial charge in [0.1, 0.15) is 0 Å². The molecule has 0 spiro atoms. The van der Waals surface area contributed by atoms with Crippen LogP contribution < -0.4 is 14.8 Å². The summed E-state index contributed by atoms with van der Waals surface area (Å²) in [6.07, 6.45) is 0. The van der Waals surface area contributed by atoms with E-state index in [1.54, 1.807) is 18.2 Å². The van der Waals surface area contributed by atoms with Crippen LogP contribution in [0.2, 0.25) is 0 Å². The Balaban J connectivity index is 1.59. The lowest BCUT2D eigenvalue weighted by Crippen LogP contribution is -2.40. The van der Waals surface area contributed by atoms with Crippen LogP contribution in [0.5, 0.6) is 11.5 Å². The SMILES string of the molecule is COc1ccc(CNC(=O)COC(=O)c2ccc(Br)c(S(=O)(=O)N3CCOCC3)c2)cc1OC. The van der Waals surface area contributed by atoms with Gasteiger partial charge >= 0.3 is 5.97 Å². The molecule has 0 saturated carbocycles. The van der Waals surface area contributed by atoms with Gasteiger partial charge in [-0.05, 0) is 51.8 Å². The third kappa shape index (κ3) is 6.26. The smallest absolute Gasteiger partial charge is 0.338 e. The van der Waals surface area contributed by atoms with Gasteiger partial charge in [-0.3, -0.25) is 4.79 Å². The van der Waals surface area contributed by atoms with E-state index in [0.717, 1.165) is 5.56 Å². The molecule has 1 aliphatic rings. The van der Waals surface area contributed by atoms with E-state index in [1.165, 1.54) is 36.7 Å². The maximum absolute atomic E-state index is 13.0. The summed E-state index contributed by atoms with van der Waals surface area (Å²) in [6.45, 7) is 0.728. The van der Waals surface area contributed by atoms with Crippen molar-refractivity contribution < 1.29 is 37.0 Å². The van der Waals surface area contributed by atoms with Crippen molar-refractivity contribution in [2.45, 2.75) is 11.4 Å². The molecule has 12 heteroatoms. The number of ether oxygens (including phenoxy) is 4. The second-order valence-corrected chi connectivity index (χ2v) is 9.96. The molecule has 1 fully saturated rings. The summed E-state index contributed by atoms with van der Waals surface area (Å²) < 4.78 is 48.2. The highest BCUT2D eigenvalue weighted by atomic mass is 79.9. The number of halogens is 1. The average Bonchev–Trinajstić information content (AvgIpc) is 2.86. The number of carbonyl (C=O) groups is 2. The highest BCUT2D eigenvalue weighted by Gasteiger charge is 2.29. The van der Waals surface area contributed by atoms with Gasteiger partial charge in [0, 0.05) is 24.1 Å². The zero-order chi connectivity index (χ0) is 24.7. The Bertz CT molecular complexity index is 1150. The average molecular weight is 557 g/mol. The first kappa shape index (κ1) is 25.9. The van der Waals surface area contributed by atoms with Crippen molar-refractivity contribution in [1.82, 2.24) is 9.62 Å². The molecule has 0 bridgehead atoms. The molecule has 1 aliphatic heterocycles. The molecular weight excluding hydrogens is 532 g/mol. The summed E-state index contributed by atoms with van der Waals surface area (Å²) in [4.78, 5) is 24.6. The molecule has 2 aromatic carbocycles. The summed E-state index contributed by atoms with van der Waals surface area (Å²) >= 11 is 3.24. The Labute approximate surface area is 206 Å². The number of morpholine rings is 1. The molecule has 1 N–H and O–H groups in total. The second kappa shape index (κ2) is 11.6. The molecule has 0 aromatic heterocycles. The van der Waals surface area contributed by atoms with Gasteiger partial charge in [0.25, 0.3) is 5.91 Å².